The highest BCUT2D eigenvalue weighted by Crippen LogP contribution is 2.29. The van der Waals surface area contributed by atoms with Crippen LogP contribution >= 0.6 is 0 Å². The van der Waals surface area contributed by atoms with Gasteiger partial charge in [0, 0.05) is 42.2 Å². The fourth-order valence-electron chi connectivity index (χ4n) is 4.50. The van der Waals surface area contributed by atoms with Gasteiger partial charge in [0.2, 0.25) is 0 Å². The molecule has 0 atom stereocenters. The number of ketones is 1. The third-order valence-electron chi connectivity index (χ3n) is 6.57. The average Bonchev–Trinajstić information content (AvgIpc) is 2.96. The summed E-state index contributed by atoms with van der Waals surface area (Å²) in [5.74, 6) is 0.770. The summed E-state index contributed by atoms with van der Waals surface area (Å²) in [5.41, 5.74) is 2.55. The van der Waals surface area contributed by atoms with Crippen LogP contribution in [0.2, 0.25) is 0 Å². The van der Waals surface area contributed by atoms with E-state index in [4.69, 9.17) is 9.47 Å². The molecule has 0 saturated carbocycles. The number of nitrogens with zero attached hydrogens (tertiary/aromatic N) is 3. The van der Waals surface area contributed by atoms with Crippen molar-refractivity contribution >= 4 is 16.8 Å². The smallest absolute Gasteiger partial charge is 0.200 e. The Balaban J connectivity index is 1.39. The largest absolute Gasteiger partial charge is 0.495 e. The molecule has 40 heavy (non-hydrogen) atoms. The number of aryl methyl sites for hydroxylation is 1. The van der Waals surface area contributed by atoms with E-state index < -0.39 is 23.7 Å². The molecule has 9 heteroatoms. The fraction of sp³-hybridized carbons (Fsp3) is 0.161. The molecule has 0 amide bonds. The predicted molar refractivity (Wildman–Crippen MR) is 147 cm³/mol. The van der Waals surface area contributed by atoms with Crippen molar-refractivity contribution in [2.75, 3.05) is 13.8 Å². The molecule has 5 aromatic rings. The van der Waals surface area contributed by atoms with Crippen LogP contribution in [0.1, 0.15) is 21.6 Å². The van der Waals surface area contributed by atoms with Gasteiger partial charge in [0.05, 0.1) is 30.9 Å². The summed E-state index contributed by atoms with van der Waals surface area (Å²) in [6.45, 7) is 0.996. The van der Waals surface area contributed by atoms with Gasteiger partial charge in [0.1, 0.15) is 29.5 Å². The number of hydrogen-bond donors (Lipinski definition) is 0. The molecule has 5 rings (SSSR count). The molecule has 0 saturated heterocycles. The molecule has 2 aromatic carbocycles. The van der Waals surface area contributed by atoms with Crippen LogP contribution in [0.15, 0.2) is 84.0 Å². The van der Waals surface area contributed by atoms with Gasteiger partial charge in [-0.05, 0) is 42.3 Å². The van der Waals surface area contributed by atoms with Crippen LogP contribution in [0.25, 0.3) is 22.2 Å². The molecule has 0 aliphatic heterocycles. The number of halogens is 2. The van der Waals surface area contributed by atoms with Crippen LogP contribution in [0.5, 0.6) is 17.2 Å². The molecule has 0 radical (unpaired) electrons. The molecule has 7 nitrogen and oxygen atoms in total. The van der Waals surface area contributed by atoms with Gasteiger partial charge in [-0.2, -0.15) is 0 Å². The SMILES string of the molecule is COc1cnc2c(Oc3ccc(CC(=O)c4cn(CCF)c(C)c(-c5ccc(F)cc5)c4=O)cc3)ccnc2c1. The molecule has 3 heterocycles. The van der Waals surface area contributed by atoms with Crippen LogP contribution in [-0.4, -0.2) is 34.1 Å². The van der Waals surface area contributed by atoms with Gasteiger partial charge in [0.25, 0.3) is 0 Å². The van der Waals surface area contributed by atoms with E-state index in [2.05, 4.69) is 9.97 Å². The number of pyridine rings is 3. The van der Waals surface area contributed by atoms with Crippen molar-refractivity contribution < 1.29 is 23.0 Å². The van der Waals surface area contributed by atoms with E-state index in [-0.39, 0.29) is 24.1 Å². The number of ether oxygens (including phenoxy) is 2. The lowest BCUT2D eigenvalue weighted by Gasteiger charge is -2.16. The third-order valence-corrected chi connectivity index (χ3v) is 6.57. The summed E-state index contributed by atoms with van der Waals surface area (Å²) in [4.78, 5) is 35.4. The summed E-state index contributed by atoms with van der Waals surface area (Å²) in [6, 6.07) is 15.8. The summed E-state index contributed by atoms with van der Waals surface area (Å²) in [5, 5.41) is 0. The van der Waals surface area contributed by atoms with Gasteiger partial charge >= 0.3 is 0 Å². The summed E-state index contributed by atoms with van der Waals surface area (Å²) in [6.07, 6.45) is 4.56. The Morgan fingerprint density at radius 3 is 2.45 bits per heavy atom. The van der Waals surface area contributed by atoms with E-state index in [0.717, 1.165) is 0 Å². The number of benzene rings is 2. The normalized spacial score (nSPS) is 11.0. The van der Waals surface area contributed by atoms with E-state index in [1.807, 2.05) is 0 Å². The molecule has 0 aliphatic rings. The first-order chi connectivity index (χ1) is 19.4. The quantitative estimate of drug-likeness (QED) is 0.210. The fourth-order valence-corrected chi connectivity index (χ4v) is 4.50. The van der Waals surface area contributed by atoms with E-state index in [1.165, 1.54) is 30.5 Å². The van der Waals surface area contributed by atoms with Crippen LogP contribution in [0, 0.1) is 12.7 Å². The van der Waals surface area contributed by atoms with Gasteiger partial charge in [-0.3, -0.25) is 14.6 Å². The van der Waals surface area contributed by atoms with Crippen LogP contribution in [0.4, 0.5) is 8.78 Å². The first-order valence-electron chi connectivity index (χ1n) is 12.5. The van der Waals surface area contributed by atoms with Crippen LogP contribution in [-0.2, 0) is 13.0 Å². The van der Waals surface area contributed by atoms with Crippen molar-refractivity contribution in [1.82, 2.24) is 14.5 Å². The zero-order valence-electron chi connectivity index (χ0n) is 21.9. The molecule has 0 aliphatic carbocycles. The molecule has 202 valence electrons. The van der Waals surface area contributed by atoms with Crippen molar-refractivity contribution in [2.24, 2.45) is 0 Å². The van der Waals surface area contributed by atoms with Crippen molar-refractivity contribution in [2.45, 2.75) is 19.9 Å². The van der Waals surface area contributed by atoms with Crippen LogP contribution < -0.4 is 14.9 Å². The first-order valence-corrected chi connectivity index (χ1v) is 12.5. The number of carbonyl (C=O) groups excluding carboxylic acids is 1. The molecule has 0 bridgehead atoms. The minimum atomic E-state index is -0.669. The number of alkyl halides is 1. The highest BCUT2D eigenvalue weighted by atomic mass is 19.1. The van der Waals surface area contributed by atoms with Gasteiger partial charge in [-0.1, -0.05) is 24.3 Å². The van der Waals surface area contributed by atoms with Crippen molar-refractivity contribution in [1.29, 1.82) is 0 Å². The van der Waals surface area contributed by atoms with Gasteiger partial charge in [-0.15, -0.1) is 0 Å². The Hall–Kier alpha value is -4.92. The highest BCUT2D eigenvalue weighted by molar-refractivity contribution is 5.98. The van der Waals surface area contributed by atoms with Crippen molar-refractivity contribution in [3.63, 3.8) is 0 Å². The zero-order valence-corrected chi connectivity index (χ0v) is 21.9. The Kier molecular flexibility index (Phi) is 7.63. The number of Topliss-reactive ketones (excluding diaryl/α,β-unsaturated/α-hetero) is 1. The Morgan fingerprint density at radius 1 is 1.00 bits per heavy atom. The Labute approximate surface area is 228 Å². The summed E-state index contributed by atoms with van der Waals surface area (Å²) < 4.78 is 39.5. The predicted octanol–water partition coefficient (Wildman–Crippen LogP) is 6.10. The van der Waals surface area contributed by atoms with Gasteiger partial charge in [-0.25, -0.2) is 13.8 Å². The third kappa shape index (κ3) is 5.44. The molecule has 0 N–H and O–H groups in total. The lowest BCUT2D eigenvalue weighted by Crippen LogP contribution is -2.24. The molecular weight excluding hydrogens is 516 g/mol. The van der Waals surface area contributed by atoms with E-state index >= 15 is 0 Å². The second-order valence-corrected chi connectivity index (χ2v) is 9.12. The minimum absolute atomic E-state index is 0.0159. The number of methoxy groups -OCH3 is 1. The van der Waals surface area contributed by atoms with Crippen molar-refractivity contribution in [3.8, 4) is 28.4 Å². The lowest BCUT2D eigenvalue weighted by atomic mass is 9.97. The van der Waals surface area contributed by atoms with E-state index in [9.17, 15) is 18.4 Å². The maximum atomic E-state index is 13.5. The standard InChI is InChI=1S/C31H25F2N3O4/c1-19-29(21-5-7-22(33)8-6-21)31(38)25(18-36(19)14-12-32)27(37)15-20-3-9-23(10-4-20)40-28-11-13-34-26-16-24(39-2)17-35-30(26)28/h3-11,13,16-18H,12,14-15H2,1-2H3. The van der Waals surface area contributed by atoms with Gasteiger partial charge < -0.3 is 14.0 Å². The number of fused-ring (bicyclic) bond motifs is 1. The molecular formula is C31H25F2N3O4. The second kappa shape index (κ2) is 11.4. The summed E-state index contributed by atoms with van der Waals surface area (Å²) >= 11 is 0. The Morgan fingerprint density at radius 2 is 1.75 bits per heavy atom. The van der Waals surface area contributed by atoms with E-state index in [1.54, 1.807) is 67.4 Å². The minimum Gasteiger partial charge on any atom is -0.495 e. The molecule has 0 spiro atoms. The lowest BCUT2D eigenvalue weighted by molar-refractivity contribution is 0.0991. The maximum absolute atomic E-state index is 13.5. The first kappa shape index (κ1) is 26.7. The molecule has 3 aromatic heterocycles. The average molecular weight is 542 g/mol. The Bertz CT molecular complexity index is 1750. The van der Waals surface area contributed by atoms with E-state index in [0.29, 0.717) is 45.1 Å². The molecule has 0 fully saturated rings. The number of rotatable bonds is 9. The number of hydrogen-bond acceptors (Lipinski definition) is 6. The number of aromatic nitrogens is 3. The number of carbonyl (C=O) groups is 1. The molecule has 0 unspecified atom stereocenters. The van der Waals surface area contributed by atoms with Crippen molar-refractivity contribution in [3.05, 3.63) is 112 Å². The second-order valence-electron chi connectivity index (χ2n) is 9.12. The maximum Gasteiger partial charge on any atom is 0.200 e. The highest BCUT2D eigenvalue weighted by Gasteiger charge is 2.20. The van der Waals surface area contributed by atoms with Crippen LogP contribution in [0.3, 0.4) is 0 Å². The topological polar surface area (TPSA) is 83.3 Å². The summed E-state index contributed by atoms with van der Waals surface area (Å²) in [7, 11) is 1.55. The monoisotopic (exact) mass is 541 g/mol. The van der Waals surface area contributed by atoms with Gasteiger partial charge in [0.15, 0.2) is 17.0 Å². The zero-order chi connectivity index (χ0) is 28.2.